The number of hydrogen-bond donors (Lipinski definition) is 1. The molecule has 1 aromatic rings. The number of aromatic nitrogens is 1. The topological polar surface area (TPSA) is 42.0 Å². The number of anilines is 1. The van der Waals surface area contributed by atoms with Crippen molar-refractivity contribution in [3.8, 4) is 0 Å². The van der Waals surface area contributed by atoms with Crippen LogP contribution >= 0.6 is 0 Å². The molecule has 3 heteroatoms. The Kier molecular flexibility index (Phi) is 2.46. The van der Waals surface area contributed by atoms with E-state index in [-0.39, 0.29) is 11.8 Å². The summed E-state index contributed by atoms with van der Waals surface area (Å²) in [4.78, 5) is 16.3. The van der Waals surface area contributed by atoms with Gasteiger partial charge in [0.05, 0.1) is 0 Å². The highest BCUT2D eigenvalue weighted by molar-refractivity contribution is 5.92. The zero-order valence-electron chi connectivity index (χ0n) is 9.89. The Morgan fingerprint density at radius 3 is 2.94 bits per heavy atom. The summed E-state index contributed by atoms with van der Waals surface area (Å²) in [7, 11) is 0. The minimum atomic E-state index is 0.125. The number of aryl methyl sites for hydroxylation is 1. The fourth-order valence-electron chi connectivity index (χ4n) is 2.91. The van der Waals surface area contributed by atoms with Crippen molar-refractivity contribution in [1.29, 1.82) is 0 Å². The first-order chi connectivity index (χ1) is 8.22. The molecule has 1 heterocycles. The van der Waals surface area contributed by atoms with Crippen molar-refractivity contribution in [2.45, 2.75) is 19.8 Å². The van der Waals surface area contributed by atoms with E-state index in [4.69, 9.17) is 0 Å². The van der Waals surface area contributed by atoms with Crippen molar-refractivity contribution in [1.82, 2.24) is 4.98 Å². The Morgan fingerprint density at radius 1 is 1.41 bits per heavy atom. The summed E-state index contributed by atoms with van der Waals surface area (Å²) >= 11 is 0. The predicted molar refractivity (Wildman–Crippen MR) is 66.4 cm³/mol. The maximum Gasteiger partial charge on any atom is 0.229 e. The number of nitrogens with one attached hydrogen (secondary N) is 1. The van der Waals surface area contributed by atoms with Crippen LogP contribution in [0.25, 0.3) is 0 Å². The van der Waals surface area contributed by atoms with Crippen molar-refractivity contribution in [2.75, 3.05) is 5.32 Å². The molecule has 3 rings (SSSR count). The molecule has 88 valence electrons. The molecule has 0 radical (unpaired) electrons. The Hall–Kier alpha value is -1.64. The van der Waals surface area contributed by atoms with E-state index in [9.17, 15) is 4.79 Å². The average molecular weight is 228 g/mol. The van der Waals surface area contributed by atoms with Crippen molar-refractivity contribution in [3.63, 3.8) is 0 Å². The van der Waals surface area contributed by atoms with Crippen LogP contribution < -0.4 is 5.32 Å². The van der Waals surface area contributed by atoms with Crippen molar-refractivity contribution in [2.24, 2.45) is 17.8 Å². The molecule has 1 saturated carbocycles. The summed E-state index contributed by atoms with van der Waals surface area (Å²) in [6, 6.07) is 3.83. The molecule has 1 fully saturated rings. The Morgan fingerprint density at radius 2 is 2.29 bits per heavy atom. The van der Waals surface area contributed by atoms with E-state index in [0.717, 1.165) is 18.4 Å². The molecule has 2 aliphatic rings. The Labute approximate surface area is 101 Å². The van der Waals surface area contributed by atoms with Crippen molar-refractivity contribution < 1.29 is 4.79 Å². The Bertz CT molecular complexity index is 481. The van der Waals surface area contributed by atoms with E-state index in [1.807, 2.05) is 19.1 Å². The maximum atomic E-state index is 12.1. The number of hydrogen-bond acceptors (Lipinski definition) is 2. The van der Waals surface area contributed by atoms with Crippen LogP contribution in [0.2, 0.25) is 0 Å². The summed E-state index contributed by atoms with van der Waals surface area (Å²) in [5.41, 5.74) is 1.11. The van der Waals surface area contributed by atoms with Gasteiger partial charge in [0.1, 0.15) is 5.82 Å². The van der Waals surface area contributed by atoms with Crippen LogP contribution in [-0.2, 0) is 4.79 Å². The lowest BCUT2D eigenvalue weighted by Crippen LogP contribution is -2.26. The van der Waals surface area contributed by atoms with Crippen LogP contribution in [0.4, 0.5) is 5.82 Å². The molecule has 0 saturated heterocycles. The third-order valence-corrected chi connectivity index (χ3v) is 3.78. The molecule has 2 aliphatic carbocycles. The first-order valence-electron chi connectivity index (χ1n) is 6.14. The molecular weight excluding hydrogens is 212 g/mol. The molecule has 2 bridgehead atoms. The predicted octanol–water partition coefficient (Wildman–Crippen LogP) is 2.54. The maximum absolute atomic E-state index is 12.1. The Balaban J connectivity index is 1.70. The smallest absolute Gasteiger partial charge is 0.229 e. The molecule has 3 unspecified atom stereocenters. The third kappa shape index (κ3) is 1.97. The first kappa shape index (κ1) is 10.5. The second-order valence-corrected chi connectivity index (χ2v) is 5.09. The highest BCUT2D eigenvalue weighted by Gasteiger charge is 2.39. The molecule has 0 spiro atoms. The molecule has 1 amide bonds. The first-order valence-corrected chi connectivity index (χ1v) is 6.14. The number of pyridine rings is 1. The third-order valence-electron chi connectivity index (χ3n) is 3.78. The fraction of sp³-hybridized carbons (Fsp3) is 0.429. The summed E-state index contributed by atoms with van der Waals surface area (Å²) in [5, 5.41) is 2.93. The summed E-state index contributed by atoms with van der Waals surface area (Å²) in [6.07, 6.45) is 8.32. The van der Waals surface area contributed by atoms with Crippen LogP contribution in [0, 0.1) is 24.7 Å². The minimum Gasteiger partial charge on any atom is -0.310 e. The number of carbonyl (C=O) groups excluding carboxylic acids is 1. The lowest BCUT2D eigenvalue weighted by molar-refractivity contribution is -0.120. The SMILES string of the molecule is Cc1ccnc(NC(=O)C2CC3C=CC2C3)c1. The zero-order chi connectivity index (χ0) is 11.8. The lowest BCUT2D eigenvalue weighted by atomic mass is 9.93. The summed E-state index contributed by atoms with van der Waals surface area (Å²) in [5.74, 6) is 2.01. The standard InChI is InChI=1S/C14H16N2O/c1-9-4-5-15-13(6-9)16-14(17)12-8-10-2-3-11(12)7-10/h2-6,10-12H,7-8H2,1H3,(H,15,16,17). The minimum absolute atomic E-state index is 0.125. The number of nitrogens with zero attached hydrogens (tertiary/aromatic N) is 1. The average Bonchev–Trinajstić information content (AvgIpc) is 2.90. The quantitative estimate of drug-likeness (QED) is 0.790. The molecule has 3 nitrogen and oxygen atoms in total. The van der Waals surface area contributed by atoms with Crippen molar-refractivity contribution in [3.05, 3.63) is 36.0 Å². The number of allylic oxidation sites excluding steroid dienone is 2. The monoisotopic (exact) mass is 228 g/mol. The van der Waals surface area contributed by atoms with E-state index in [2.05, 4.69) is 22.5 Å². The highest BCUT2D eigenvalue weighted by atomic mass is 16.2. The van der Waals surface area contributed by atoms with Gasteiger partial charge < -0.3 is 5.32 Å². The van der Waals surface area contributed by atoms with Gasteiger partial charge in [-0.1, -0.05) is 12.2 Å². The molecular formula is C14H16N2O. The largest absolute Gasteiger partial charge is 0.310 e. The molecule has 1 aromatic heterocycles. The van der Waals surface area contributed by atoms with Gasteiger partial charge in [0, 0.05) is 12.1 Å². The van der Waals surface area contributed by atoms with E-state index < -0.39 is 0 Å². The van der Waals surface area contributed by atoms with Gasteiger partial charge in [0.25, 0.3) is 0 Å². The summed E-state index contributed by atoms with van der Waals surface area (Å²) < 4.78 is 0. The molecule has 0 aromatic carbocycles. The van der Waals surface area contributed by atoms with Crippen LogP contribution in [-0.4, -0.2) is 10.9 Å². The zero-order valence-corrected chi connectivity index (χ0v) is 9.89. The van der Waals surface area contributed by atoms with Gasteiger partial charge >= 0.3 is 0 Å². The van der Waals surface area contributed by atoms with Gasteiger partial charge in [-0.15, -0.1) is 0 Å². The second-order valence-electron chi connectivity index (χ2n) is 5.09. The summed E-state index contributed by atoms with van der Waals surface area (Å²) in [6.45, 7) is 2.00. The van der Waals surface area contributed by atoms with Gasteiger partial charge in [-0.3, -0.25) is 4.79 Å². The lowest BCUT2D eigenvalue weighted by Gasteiger charge is -2.17. The van der Waals surface area contributed by atoms with Crippen LogP contribution in [0.15, 0.2) is 30.5 Å². The fourth-order valence-corrected chi connectivity index (χ4v) is 2.91. The van der Waals surface area contributed by atoms with E-state index >= 15 is 0 Å². The number of amides is 1. The normalized spacial score (nSPS) is 29.6. The van der Waals surface area contributed by atoms with Gasteiger partial charge in [-0.2, -0.15) is 0 Å². The number of rotatable bonds is 2. The van der Waals surface area contributed by atoms with E-state index in [1.54, 1.807) is 6.20 Å². The molecule has 0 aliphatic heterocycles. The van der Waals surface area contributed by atoms with Crippen LogP contribution in [0.1, 0.15) is 18.4 Å². The van der Waals surface area contributed by atoms with Crippen LogP contribution in [0.3, 0.4) is 0 Å². The van der Waals surface area contributed by atoms with Crippen LogP contribution in [0.5, 0.6) is 0 Å². The van der Waals surface area contributed by atoms with Gasteiger partial charge in [0.2, 0.25) is 5.91 Å². The molecule has 3 atom stereocenters. The van der Waals surface area contributed by atoms with E-state index in [1.165, 1.54) is 0 Å². The van der Waals surface area contributed by atoms with Gasteiger partial charge in [-0.25, -0.2) is 4.98 Å². The molecule has 1 N–H and O–H groups in total. The van der Waals surface area contributed by atoms with Gasteiger partial charge in [0.15, 0.2) is 0 Å². The number of carbonyl (C=O) groups is 1. The van der Waals surface area contributed by atoms with Crippen molar-refractivity contribution >= 4 is 11.7 Å². The van der Waals surface area contributed by atoms with E-state index in [0.29, 0.717) is 17.7 Å². The second kappa shape index (κ2) is 3.99. The number of fused-ring (bicyclic) bond motifs is 2. The van der Waals surface area contributed by atoms with Gasteiger partial charge in [-0.05, 0) is 49.3 Å². The highest BCUT2D eigenvalue weighted by Crippen LogP contribution is 2.43. The molecule has 17 heavy (non-hydrogen) atoms.